The zero-order valence-corrected chi connectivity index (χ0v) is 26.4. The van der Waals surface area contributed by atoms with E-state index in [0.29, 0.717) is 23.6 Å². The number of ether oxygens (including phenoxy) is 3. The van der Waals surface area contributed by atoms with Crippen molar-refractivity contribution in [2.75, 3.05) is 37.5 Å². The molecule has 4 N–H and O–H groups in total. The Bertz CT molecular complexity index is 1620. The smallest absolute Gasteiger partial charge is 0.422 e. The number of amides is 2. The Morgan fingerprint density at radius 3 is 2.25 bits per heavy atom. The number of nitrogens with zero attached hydrogens (tertiary/aromatic N) is 3. The fraction of sp³-hybridized carbons (Fsp3) is 0.367. The van der Waals surface area contributed by atoms with Crippen molar-refractivity contribution in [2.45, 2.75) is 43.9 Å². The van der Waals surface area contributed by atoms with E-state index in [1.54, 1.807) is 19.1 Å². The SMILES string of the molecule is CCOC(=O)C(=O)NCC[C@H](NC(=O)c1ccc(Nc2nc(NC3(c4ccc(Cl)cc4)CC3)nc(OCC(F)(F)F)n2)cc1)C(=O)OC. The molecule has 1 atom stereocenters. The van der Waals surface area contributed by atoms with E-state index >= 15 is 0 Å². The summed E-state index contributed by atoms with van der Waals surface area (Å²) >= 11 is 6.01. The number of alkyl halides is 3. The molecular weight excluding hydrogens is 663 g/mol. The van der Waals surface area contributed by atoms with Gasteiger partial charge in [-0.3, -0.25) is 9.59 Å². The molecule has 1 aliphatic rings. The number of anilines is 3. The van der Waals surface area contributed by atoms with E-state index in [1.807, 2.05) is 12.1 Å². The molecule has 18 heteroatoms. The van der Waals surface area contributed by atoms with Gasteiger partial charge in [-0.15, -0.1) is 0 Å². The van der Waals surface area contributed by atoms with Gasteiger partial charge in [0.1, 0.15) is 6.04 Å². The molecule has 256 valence electrons. The normalized spacial score (nSPS) is 13.8. The van der Waals surface area contributed by atoms with Crippen LogP contribution in [0.1, 0.15) is 42.1 Å². The van der Waals surface area contributed by atoms with Crippen LogP contribution >= 0.6 is 11.6 Å². The van der Waals surface area contributed by atoms with E-state index in [0.717, 1.165) is 12.7 Å². The number of halogens is 4. The Morgan fingerprint density at radius 1 is 0.979 bits per heavy atom. The van der Waals surface area contributed by atoms with Gasteiger partial charge in [0.25, 0.3) is 5.91 Å². The third kappa shape index (κ3) is 10.2. The fourth-order valence-corrected chi connectivity index (χ4v) is 4.46. The largest absolute Gasteiger partial charge is 0.467 e. The van der Waals surface area contributed by atoms with E-state index < -0.39 is 54.1 Å². The van der Waals surface area contributed by atoms with Crippen molar-refractivity contribution in [2.24, 2.45) is 0 Å². The molecule has 14 nitrogen and oxygen atoms in total. The summed E-state index contributed by atoms with van der Waals surface area (Å²) in [5, 5.41) is 11.4. The second kappa shape index (κ2) is 15.6. The minimum atomic E-state index is -4.63. The van der Waals surface area contributed by atoms with Gasteiger partial charge in [0.05, 0.1) is 19.3 Å². The number of carbonyl (C=O) groups is 4. The summed E-state index contributed by atoms with van der Waals surface area (Å²) in [4.78, 5) is 60.6. The Balaban J connectivity index is 1.44. The highest BCUT2D eigenvalue weighted by molar-refractivity contribution is 6.32. The molecule has 1 aliphatic carbocycles. The number of aromatic nitrogens is 3. The minimum Gasteiger partial charge on any atom is -0.467 e. The maximum atomic E-state index is 12.9. The lowest BCUT2D eigenvalue weighted by atomic mass is 10.1. The standard InChI is InChI=1S/C30H31ClF3N7O7/c1-3-47-25(45)23(43)35-15-12-21(24(44)46-2)37-22(42)17-4-10-20(11-5-17)36-26-38-27(40-28(39-26)48-16-30(32,33)34)41-29(13-14-29)18-6-8-19(31)9-7-18/h4-11,21H,3,12-16H2,1-2H3,(H,35,43)(H,37,42)(H2,36,38,39,40,41)/t21-/m0/s1. The van der Waals surface area contributed by atoms with E-state index in [1.165, 1.54) is 24.3 Å². The van der Waals surface area contributed by atoms with E-state index in [-0.39, 0.29) is 37.0 Å². The zero-order valence-electron chi connectivity index (χ0n) is 25.7. The summed E-state index contributed by atoms with van der Waals surface area (Å²) in [5.74, 6) is -3.67. The van der Waals surface area contributed by atoms with E-state index in [2.05, 4.69) is 41.0 Å². The molecule has 1 heterocycles. The van der Waals surface area contributed by atoms with Gasteiger partial charge >= 0.3 is 30.0 Å². The van der Waals surface area contributed by atoms with Crippen molar-refractivity contribution >= 4 is 52.9 Å². The third-order valence-electron chi connectivity index (χ3n) is 6.85. The molecule has 1 aromatic heterocycles. The molecule has 3 aromatic rings. The average molecular weight is 694 g/mol. The van der Waals surface area contributed by atoms with Gasteiger partial charge in [0.2, 0.25) is 11.9 Å². The number of benzene rings is 2. The maximum Gasteiger partial charge on any atom is 0.422 e. The van der Waals surface area contributed by atoms with Crippen molar-refractivity contribution in [3.8, 4) is 6.01 Å². The maximum absolute atomic E-state index is 12.9. The van der Waals surface area contributed by atoms with Crippen LogP contribution in [0.25, 0.3) is 0 Å². The quantitative estimate of drug-likeness (QED) is 0.142. The van der Waals surface area contributed by atoms with Crippen molar-refractivity contribution in [3.63, 3.8) is 0 Å². The molecule has 0 saturated heterocycles. The molecule has 48 heavy (non-hydrogen) atoms. The predicted molar refractivity (Wildman–Crippen MR) is 165 cm³/mol. The van der Waals surface area contributed by atoms with Crippen LogP contribution in [0, 0.1) is 0 Å². The van der Waals surface area contributed by atoms with Crippen LogP contribution in [-0.4, -0.2) is 77.8 Å². The summed E-state index contributed by atoms with van der Waals surface area (Å²) in [6.07, 6.45) is -3.29. The first kappa shape index (κ1) is 35.7. The Kier molecular flexibility index (Phi) is 11.6. The van der Waals surface area contributed by atoms with Crippen LogP contribution in [0.4, 0.5) is 30.8 Å². The summed E-state index contributed by atoms with van der Waals surface area (Å²) in [5.41, 5.74) is 0.837. The van der Waals surface area contributed by atoms with E-state index in [9.17, 15) is 32.3 Å². The molecule has 0 radical (unpaired) electrons. The van der Waals surface area contributed by atoms with Crippen LogP contribution in [0.3, 0.4) is 0 Å². The molecule has 4 rings (SSSR count). The van der Waals surface area contributed by atoms with Crippen molar-refractivity contribution < 1.29 is 46.6 Å². The minimum absolute atomic E-state index is 0.0123. The summed E-state index contributed by atoms with van der Waals surface area (Å²) < 4.78 is 52.8. The Morgan fingerprint density at radius 2 is 1.65 bits per heavy atom. The molecular formula is C30H31ClF3N7O7. The number of carbonyl (C=O) groups excluding carboxylic acids is 4. The second-order valence-electron chi connectivity index (χ2n) is 10.4. The summed E-state index contributed by atoms with van der Waals surface area (Å²) in [7, 11) is 1.13. The van der Waals surface area contributed by atoms with Gasteiger partial charge < -0.3 is 35.5 Å². The lowest BCUT2D eigenvalue weighted by Crippen LogP contribution is -2.44. The van der Waals surface area contributed by atoms with Gasteiger partial charge in [-0.25, -0.2) is 9.59 Å². The molecule has 0 aliphatic heterocycles. The number of methoxy groups -OCH3 is 1. The highest BCUT2D eigenvalue weighted by Crippen LogP contribution is 2.48. The molecule has 0 unspecified atom stereocenters. The van der Waals surface area contributed by atoms with E-state index in [4.69, 9.17) is 21.1 Å². The number of nitrogens with one attached hydrogen (secondary N) is 4. The first-order valence-electron chi connectivity index (χ1n) is 14.5. The second-order valence-corrected chi connectivity index (χ2v) is 10.8. The monoisotopic (exact) mass is 693 g/mol. The number of hydrogen-bond acceptors (Lipinski definition) is 12. The van der Waals surface area contributed by atoms with Crippen molar-refractivity contribution in [1.29, 1.82) is 0 Å². The van der Waals surface area contributed by atoms with Crippen molar-refractivity contribution in [1.82, 2.24) is 25.6 Å². The van der Waals surface area contributed by atoms with Crippen molar-refractivity contribution in [3.05, 3.63) is 64.7 Å². The highest BCUT2D eigenvalue weighted by atomic mass is 35.5. The van der Waals surface area contributed by atoms with Crippen LogP contribution in [-0.2, 0) is 29.4 Å². The molecule has 2 aromatic carbocycles. The summed E-state index contributed by atoms with van der Waals surface area (Å²) in [6, 6.07) is 11.2. The lowest BCUT2D eigenvalue weighted by molar-refractivity contribution is -0.154. The predicted octanol–water partition coefficient (Wildman–Crippen LogP) is 3.65. The fourth-order valence-electron chi connectivity index (χ4n) is 4.34. The van der Waals surface area contributed by atoms with Crippen LogP contribution in [0.15, 0.2) is 48.5 Å². The van der Waals surface area contributed by atoms with Crippen LogP contribution < -0.4 is 26.0 Å². The Hall–Kier alpha value is -5.19. The first-order chi connectivity index (χ1) is 22.8. The van der Waals surface area contributed by atoms with Gasteiger partial charge in [0.15, 0.2) is 6.61 Å². The van der Waals surface area contributed by atoms with Gasteiger partial charge in [-0.2, -0.15) is 28.1 Å². The zero-order chi connectivity index (χ0) is 34.9. The third-order valence-corrected chi connectivity index (χ3v) is 7.10. The highest BCUT2D eigenvalue weighted by Gasteiger charge is 2.45. The first-order valence-corrected chi connectivity index (χ1v) is 14.9. The molecule has 0 bridgehead atoms. The van der Waals surface area contributed by atoms with Gasteiger partial charge in [-0.05, 0) is 68.1 Å². The average Bonchev–Trinajstić information content (AvgIpc) is 3.83. The molecule has 1 fully saturated rings. The number of esters is 2. The van der Waals surface area contributed by atoms with Crippen LogP contribution in [0.2, 0.25) is 5.02 Å². The lowest BCUT2D eigenvalue weighted by Gasteiger charge is -2.19. The topological polar surface area (TPSA) is 183 Å². The number of rotatable bonds is 14. The molecule has 0 spiro atoms. The van der Waals surface area contributed by atoms with Gasteiger partial charge in [0, 0.05) is 22.8 Å². The molecule has 2 amide bonds. The Labute approximate surface area is 277 Å². The van der Waals surface area contributed by atoms with Crippen LogP contribution in [0.5, 0.6) is 6.01 Å². The summed E-state index contributed by atoms with van der Waals surface area (Å²) in [6.45, 7) is -0.206. The van der Waals surface area contributed by atoms with Gasteiger partial charge in [-0.1, -0.05) is 23.7 Å². The number of hydrogen-bond donors (Lipinski definition) is 4. The molecule has 1 saturated carbocycles.